The van der Waals surface area contributed by atoms with Gasteiger partial charge < -0.3 is 9.47 Å². The average Bonchev–Trinajstić information content (AvgIpc) is 2.00. The summed E-state index contributed by atoms with van der Waals surface area (Å²) >= 11 is 2.87. The maximum Gasteiger partial charge on any atom is 0.374 e. The van der Waals surface area contributed by atoms with Gasteiger partial charge in [0, 0.05) is 11.9 Å². The van der Waals surface area contributed by atoms with Gasteiger partial charge >= 0.3 is 11.9 Å². The minimum atomic E-state index is -0.662. The molecule has 0 aromatic carbocycles. The predicted molar refractivity (Wildman–Crippen MR) is 45.4 cm³/mol. The van der Waals surface area contributed by atoms with Crippen molar-refractivity contribution >= 4 is 27.9 Å². The van der Waals surface area contributed by atoms with Crippen LogP contribution in [-0.2, 0) is 19.1 Å². The molecule has 0 unspecified atom stereocenters. The second-order valence-corrected chi connectivity index (χ2v) is 2.25. The van der Waals surface area contributed by atoms with Crippen molar-refractivity contribution in [1.29, 1.82) is 0 Å². The van der Waals surface area contributed by atoms with E-state index in [0.29, 0.717) is 0 Å². The largest absolute Gasteiger partial charge is 0.460 e. The number of ether oxygens (including phenoxy) is 2. The van der Waals surface area contributed by atoms with Crippen molar-refractivity contribution in [2.75, 3.05) is 6.61 Å². The molecule has 0 spiro atoms. The lowest BCUT2D eigenvalue weighted by atomic mass is 10.5. The van der Waals surface area contributed by atoms with Crippen molar-refractivity contribution in [3.8, 4) is 0 Å². The summed E-state index contributed by atoms with van der Waals surface area (Å²) in [5.41, 5.74) is 0. The van der Waals surface area contributed by atoms with Crippen molar-refractivity contribution in [1.82, 2.24) is 0 Å². The number of hydrogen-bond donors (Lipinski definition) is 0. The third-order valence-corrected chi connectivity index (χ3v) is 1.25. The molecule has 0 fully saturated rings. The minimum Gasteiger partial charge on any atom is -0.460 e. The van der Waals surface area contributed by atoms with Crippen LogP contribution in [-0.4, -0.2) is 18.5 Å². The summed E-state index contributed by atoms with van der Waals surface area (Å²) < 4.78 is 9.10. The first-order valence-electron chi connectivity index (χ1n) is 3.27. The maximum atomic E-state index is 10.9. The fourth-order valence-corrected chi connectivity index (χ4v) is 0.746. The van der Waals surface area contributed by atoms with Gasteiger partial charge in [0.25, 0.3) is 0 Å². The van der Waals surface area contributed by atoms with Crippen molar-refractivity contribution < 1.29 is 19.1 Å². The molecule has 0 saturated carbocycles. The Hall–Kier alpha value is -0.840. The molecule has 0 aliphatic heterocycles. The number of esters is 2. The Kier molecular flexibility index (Phi) is 5.36. The van der Waals surface area contributed by atoms with Gasteiger partial charge in [-0.05, 0) is 6.92 Å². The fraction of sp³-hybridized carbons (Fsp3) is 0.429. The molecule has 0 aliphatic carbocycles. The van der Waals surface area contributed by atoms with Gasteiger partial charge in [-0.25, -0.2) is 4.79 Å². The predicted octanol–water partition coefficient (Wildman–Crippen LogP) is 1.35. The molecule has 4 nitrogen and oxygen atoms in total. The van der Waals surface area contributed by atoms with Crippen LogP contribution in [0.3, 0.4) is 0 Å². The van der Waals surface area contributed by atoms with E-state index in [1.165, 1.54) is 11.9 Å². The van der Waals surface area contributed by atoms with E-state index < -0.39 is 11.9 Å². The summed E-state index contributed by atoms with van der Waals surface area (Å²) in [6.07, 6.45) is 0. The molecular formula is C7H9BrO4. The van der Waals surface area contributed by atoms with Crippen molar-refractivity contribution in [2.45, 2.75) is 13.8 Å². The van der Waals surface area contributed by atoms with E-state index in [1.54, 1.807) is 6.92 Å². The minimum absolute atomic E-state index is 0.149. The smallest absolute Gasteiger partial charge is 0.374 e. The third kappa shape index (κ3) is 4.12. The molecule has 5 heteroatoms. The van der Waals surface area contributed by atoms with Crippen molar-refractivity contribution in [3.05, 3.63) is 10.7 Å². The van der Waals surface area contributed by atoms with Crippen LogP contribution in [0.4, 0.5) is 0 Å². The van der Waals surface area contributed by atoms with E-state index in [1.807, 2.05) is 0 Å². The summed E-state index contributed by atoms with van der Waals surface area (Å²) in [7, 11) is 0. The summed E-state index contributed by atoms with van der Waals surface area (Å²) in [5.74, 6) is -1.37. The number of rotatable bonds is 3. The first kappa shape index (κ1) is 11.2. The van der Waals surface area contributed by atoms with Crippen LogP contribution in [0.5, 0.6) is 0 Å². The Labute approximate surface area is 78.7 Å². The van der Waals surface area contributed by atoms with Gasteiger partial charge in [-0.2, -0.15) is 0 Å². The Bertz CT molecular complexity index is 209. The normalized spacial score (nSPS) is 10.8. The molecule has 0 aromatic rings. The molecule has 0 rings (SSSR count). The lowest BCUT2D eigenvalue weighted by molar-refractivity contribution is -0.149. The highest BCUT2D eigenvalue weighted by atomic mass is 79.9. The monoisotopic (exact) mass is 236 g/mol. The summed E-state index contributed by atoms with van der Waals surface area (Å²) in [6, 6.07) is 0. The van der Waals surface area contributed by atoms with Gasteiger partial charge in [0.05, 0.1) is 6.61 Å². The number of carbonyl (C=O) groups is 2. The van der Waals surface area contributed by atoms with Crippen LogP contribution < -0.4 is 0 Å². The number of hydrogen-bond acceptors (Lipinski definition) is 4. The van der Waals surface area contributed by atoms with Gasteiger partial charge in [-0.1, -0.05) is 15.9 Å². The molecule has 0 radical (unpaired) electrons. The second-order valence-electron chi connectivity index (χ2n) is 1.79. The highest BCUT2D eigenvalue weighted by molar-refractivity contribution is 9.11. The highest BCUT2D eigenvalue weighted by Gasteiger charge is 2.12. The third-order valence-electron chi connectivity index (χ3n) is 0.829. The van der Waals surface area contributed by atoms with Gasteiger partial charge in [0.1, 0.15) is 0 Å². The molecule has 0 atom stereocenters. The number of carbonyl (C=O) groups excluding carboxylic acids is 2. The van der Waals surface area contributed by atoms with Crippen LogP contribution in [0, 0.1) is 0 Å². The van der Waals surface area contributed by atoms with E-state index in [0.717, 1.165) is 0 Å². The second kappa shape index (κ2) is 5.77. The van der Waals surface area contributed by atoms with Gasteiger partial charge in [-0.15, -0.1) is 0 Å². The maximum absolute atomic E-state index is 10.9. The Morgan fingerprint density at radius 1 is 1.50 bits per heavy atom. The first-order chi connectivity index (χ1) is 5.61. The van der Waals surface area contributed by atoms with Crippen LogP contribution in [0.2, 0.25) is 0 Å². The van der Waals surface area contributed by atoms with E-state index in [-0.39, 0.29) is 12.4 Å². The molecule has 0 aliphatic rings. The average molecular weight is 237 g/mol. The molecule has 0 N–H and O–H groups in total. The zero-order valence-corrected chi connectivity index (χ0v) is 8.38. The zero-order valence-electron chi connectivity index (χ0n) is 6.80. The Balaban J connectivity index is 4.17. The quantitative estimate of drug-likeness (QED) is 0.422. The molecule has 0 bridgehead atoms. The molecule has 0 saturated heterocycles. The summed E-state index contributed by atoms with van der Waals surface area (Å²) in [5, 5.41) is 0. The van der Waals surface area contributed by atoms with Crippen LogP contribution in [0.25, 0.3) is 0 Å². The SMILES string of the molecule is CCOC(=O)/C(=C/Br)OC(C)=O. The Morgan fingerprint density at radius 2 is 2.08 bits per heavy atom. The molecule has 68 valence electrons. The Morgan fingerprint density at radius 3 is 2.42 bits per heavy atom. The van der Waals surface area contributed by atoms with Gasteiger partial charge in [-0.3, -0.25) is 4.79 Å². The fourth-order valence-electron chi connectivity index (χ4n) is 0.466. The highest BCUT2D eigenvalue weighted by Crippen LogP contribution is 2.04. The zero-order chi connectivity index (χ0) is 9.56. The lowest BCUT2D eigenvalue weighted by Crippen LogP contribution is -2.12. The van der Waals surface area contributed by atoms with Crippen molar-refractivity contribution in [2.24, 2.45) is 0 Å². The summed E-state index contributed by atoms with van der Waals surface area (Å²) in [4.78, 5) is 22.5. The van der Waals surface area contributed by atoms with Crippen molar-refractivity contribution in [3.63, 3.8) is 0 Å². The lowest BCUT2D eigenvalue weighted by Gasteiger charge is -2.03. The van der Waals surface area contributed by atoms with E-state index in [9.17, 15) is 9.59 Å². The van der Waals surface area contributed by atoms with E-state index >= 15 is 0 Å². The molecule has 0 aromatic heterocycles. The molecular weight excluding hydrogens is 228 g/mol. The van der Waals surface area contributed by atoms with E-state index in [4.69, 9.17) is 0 Å². The van der Waals surface area contributed by atoms with Crippen LogP contribution >= 0.6 is 15.9 Å². The van der Waals surface area contributed by atoms with Gasteiger partial charge in [0.15, 0.2) is 0 Å². The number of halogens is 1. The van der Waals surface area contributed by atoms with Crippen LogP contribution in [0.1, 0.15) is 13.8 Å². The van der Waals surface area contributed by atoms with Gasteiger partial charge in [0.2, 0.25) is 5.76 Å². The molecule has 0 heterocycles. The molecule has 0 amide bonds. The van der Waals surface area contributed by atoms with Crippen LogP contribution in [0.15, 0.2) is 10.7 Å². The molecule has 12 heavy (non-hydrogen) atoms. The van der Waals surface area contributed by atoms with E-state index in [2.05, 4.69) is 25.4 Å². The first-order valence-corrected chi connectivity index (χ1v) is 4.19. The summed E-state index contributed by atoms with van der Waals surface area (Å²) in [6.45, 7) is 3.11. The standard InChI is InChI=1S/C7H9BrO4/c1-3-11-7(10)6(4-8)12-5(2)9/h4H,3H2,1-2H3/b6-4-. The topological polar surface area (TPSA) is 52.6 Å².